The summed E-state index contributed by atoms with van der Waals surface area (Å²) in [6, 6.07) is 9.53. The fourth-order valence-corrected chi connectivity index (χ4v) is 7.26. The van der Waals surface area contributed by atoms with Crippen LogP contribution in [-0.4, -0.2) is 70.1 Å². The molecule has 1 aliphatic carbocycles. The highest BCUT2D eigenvalue weighted by atomic mass is 32.3. The smallest absolute Gasteiger partial charge is 0.411 e. The van der Waals surface area contributed by atoms with Crippen LogP contribution in [0.3, 0.4) is 0 Å². The number of hydrogen-bond acceptors (Lipinski definition) is 6. The summed E-state index contributed by atoms with van der Waals surface area (Å²) in [4.78, 5) is 28.7. The number of H-pyrrole nitrogens is 1. The van der Waals surface area contributed by atoms with Crippen molar-refractivity contribution in [1.82, 2.24) is 15.1 Å². The highest BCUT2D eigenvalue weighted by molar-refractivity contribution is 8.33. The maximum absolute atomic E-state index is 13.6. The number of methoxy groups -OCH3 is 1. The molecule has 38 heavy (non-hydrogen) atoms. The highest BCUT2D eigenvalue weighted by Crippen LogP contribution is 2.60. The minimum absolute atomic E-state index is 0.0291. The Balaban J connectivity index is 1.52. The number of nitrogens with zero attached hydrogens (tertiary/aromatic N) is 2. The second-order valence-electron chi connectivity index (χ2n) is 11.9. The summed E-state index contributed by atoms with van der Waals surface area (Å²) in [5.74, 6) is -0.302. The average molecular weight is 547 g/mol. The van der Waals surface area contributed by atoms with Crippen molar-refractivity contribution in [2.75, 3.05) is 37.8 Å². The average Bonchev–Trinajstić information content (AvgIpc) is 3.33. The first-order chi connectivity index (χ1) is 17.7. The van der Waals surface area contributed by atoms with Crippen LogP contribution in [0.4, 0.5) is 10.6 Å². The molecule has 1 saturated carbocycles. The van der Waals surface area contributed by atoms with E-state index in [9.17, 15) is 9.59 Å². The molecule has 1 atom stereocenters. The molecule has 1 aliphatic heterocycles. The minimum atomic E-state index is -1.10. The van der Waals surface area contributed by atoms with Gasteiger partial charge in [0, 0.05) is 12.7 Å². The lowest BCUT2D eigenvalue weighted by atomic mass is 9.83. The van der Waals surface area contributed by atoms with E-state index in [1.165, 1.54) is 0 Å². The molecular formula is C28H42N4O5S. The lowest BCUT2D eigenvalue weighted by molar-refractivity contribution is -0.210. The van der Waals surface area contributed by atoms with Crippen LogP contribution in [0.1, 0.15) is 69.9 Å². The Morgan fingerprint density at radius 1 is 1.18 bits per heavy atom. The molecule has 0 saturated heterocycles. The second-order valence-corrected chi connectivity index (χ2v) is 16.4. The third kappa shape index (κ3) is 5.18. The fraction of sp³-hybridized carbons (Fsp3) is 0.607. The summed E-state index contributed by atoms with van der Waals surface area (Å²) in [6.45, 7) is 7.91. The molecule has 2 aliphatic rings. The molecule has 1 aromatic heterocycles. The van der Waals surface area contributed by atoms with Gasteiger partial charge < -0.3 is 19.5 Å². The molecule has 2 N–H and O–H groups in total. The highest BCUT2D eigenvalue weighted by Gasteiger charge is 2.51. The molecule has 0 bridgehead atoms. The van der Waals surface area contributed by atoms with E-state index in [1.807, 2.05) is 58.0 Å². The standard InChI is InChI=1S/C28H42N4O5S/c1-26(2)22-20(23(31-30-22)29-24(33)28(15-12-16-28)38(6,7)8)17-32(26)25(34)37-21(18-36-27(3,4)35-5)19-13-10-9-11-14-19/h9-11,13-14,21H,12,15-18H2,1-8H3,(H2,29,30,31,33)/t21-/m1/s1. The van der Waals surface area contributed by atoms with Crippen molar-refractivity contribution >= 4 is 27.8 Å². The van der Waals surface area contributed by atoms with Crippen LogP contribution in [0.2, 0.25) is 0 Å². The van der Waals surface area contributed by atoms with Crippen LogP contribution in [0, 0.1) is 0 Å². The van der Waals surface area contributed by atoms with Crippen molar-refractivity contribution < 1.29 is 23.8 Å². The lowest BCUT2D eigenvalue weighted by Crippen LogP contribution is -2.51. The van der Waals surface area contributed by atoms with Crippen LogP contribution in [0.5, 0.6) is 0 Å². The summed E-state index contributed by atoms with van der Waals surface area (Å²) < 4.78 is 17.0. The van der Waals surface area contributed by atoms with Gasteiger partial charge in [-0.15, -0.1) is 0 Å². The minimum Gasteiger partial charge on any atom is -0.439 e. The van der Waals surface area contributed by atoms with Gasteiger partial charge in [-0.1, -0.05) is 30.3 Å². The van der Waals surface area contributed by atoms with Crippen molar-refractivity contribution in [2.45, 2.75) is 75.7 Å². The Hall–Kier alpha value is -2.56. The molecule has 210 valence electrons. The number of fused-ring (bicyclic) bond motifs is 1. The molecule has 9 nitrogen and oxygen atoms in total. The van der Waals surface area contributed by atoms with Crippen molar-refractivity contribution in [3.05, 3.63) is 47.2 Å². The first kappa shape index (κ1) is 28.4. The lowest BCUT2D eigenvalue weighted by Gasteiger charge is -2.53. The van der Waals surface area contributed by atoms with Crippen molar-refractivity contribution in [3.63, 3.8) is 0 Å². The molecule has 2 heterocycles. The predicted molar refractivity (Wildman–Crippen MR) is 150 cm³/mol. The Kier molecular flexibility index (Phi) is 7.64. The van der Waals surface area contributed by atoms with Gasteiger partial charge in [-0.3, -0.25) is 14.8 Å². The van der Waals surface area contributed by atoms with Gasteiger partial charge in [-0.05, 0) is 71.3 Å². The summed E-state index contributed by atoms with van der Waals surface area (Å²) in [5.41, 5.74) is 1.73. The number of benzene rings is 1. The molecule has 0 unspecified atom stereocenters. The number of rotatable bonds is 9. The number of nitrogens with one attached hydrogen (secondary N) is 2. The molecule has 4 rings (SSSR count). The first-order valence-corrected chi connectivity index (χ1v) is 15.9. The van der Waals surface area contributed by atoms with Crippen LogP contribution < -0.4 is 5.32 Å². The van der Waals surface area contributed by atoms with E-state index in [1.54, 1.807) is 12.0 Å². The second kappa shape index (κ2) is 10.2. The van der Waals surface area contributed by atoms with E-state index in [4.69, 9.17) is 14.2 Å². The quantitative estimate of drug-likeness (QED) is 0.414. The monoisotopic (exact) mass is 546 g/mol. The van der Waals surface area contributed by atoms with Gasteiger partial charge in [-0.25, -0.2) is 14.8 Å². The van der Waals surface area contributed by atoms with E-state index in [-0.39, 0.29) is 23.8 Å². The summed E-state index contributed by atoms with van der Waals surface area (Å²) in [5, 5.41) is 10.6. The Bertz CT molecular complexity index is 1170. The Labute approximate surface area is 227 Å². The summed E-state index contributed by atoms with van der Waals surface area (Å²) >= 11 is 0. The zero-order valence-corrected chi connectivity index (χ0v) is 24.7. The number of aromatic amines is 1. The van der Waals surface area contributed by atoms with E-state index in [0.717, 1.165) is 36.1 Å². The van der Waals surface area contributed by atoms with Crippen LogP contribution in [0.25, 0.3) is 0 Å². The van der Waals surface area contributed by atoms with Crippen molar-refractivity contribution in [1.29, 1.82) is 0 Å². The SMILES string of the molecule is COC(C)(C)OC[C@@H](OC(=O)N1Cc2c(NC(=O)C3(S(C)(C)C)CCC3)n[nH]c2C1(C)C)c1ccccc1. The maximum Gasteiger partial charge on any atom is 0.411 e. The van der Waals surface area contributed by atoms with Gasteiger partial charge in [0.15, 0.2) is 17.7 Å². The molecule has 10 heteroatoms. The van der Waals surface area contributed by atoms with Crippen LogP contribution >= 0.6 is 10.0 Å². The molecular weight excluding hydrogens is 504 g/mol. The predicted octanol–water partition coefficient (Wildman–Crippen LogP) is 5.29. The number of amides is 2. The zero-order chi connectivity index (χ0) is 27.9. The van der Waals surface area contributed by atoms with Gasteiger partial charge in [0.05, 0.1) is 29.1 Å². The number of ether oxygens (including phenoxy) is 3. The summed E-state index contributed by atoms with van der Waals surface area (Å²) in [7, 11) is 0.469. The first-order valence-electron chi connectivity index (χ1n) is 13.0. The van der Waals surface area contributed by atoms with E-state index >= 15 is 0 Å². The number of anilines is 1. The zero-order valence-electron chi connectivity index (χ0n) is 23.8. The number of carbonyl (C=O) groups excluding carboxylic acids is 2. The van der Waals surface area contributed by atoms with Gasteiger partial charge in [0.25, 0.3) is 0 Å². The Morgan fingerprint density at radius 3 is 2.39 bits per heavy atom. The number of aromatic nitrogens is 2. The van der Waals surface area contributed by atoms with Gasteiger partial charge in [0.2, 0.25) is 5.91 Å². The van der Waals surface area contributed by atoms with Crippen LogP contribution in [0.15, 0.2) is 30.3 Å². The van der Waals surface area contributed by atoms with Crippen LogP contribution in [-0.2, 0) is 31.1 Å². The number of hydrogen-bond donors (Lipinski definition) is 2. The summed E-state index contributed by atoms with van der Waals surface area (Å²) in [6.07, 6.45) is 8.36. The Morgan fingerprint density at radius 2 is 1.84 bits per heavy atom. The molecule has 1 aromatic carbocycles. The third-order valence-electron chi connectivity index (χ3n) is 8.16. The van der Waals surface area contributed by atoms with Gasteiger partial charge in [0.1, 0.15) is 0 Å². The molecule has 2 aromatic rings. The van der Waals surface area contributed by atoms with E-state index < -0.39 is 33.6 Å². The van der Waals surface area contributed by atoms with Gasteiger partial charge >= 0.3 is 6.09 Å². The number of carbonyl (C=O) groups is 2. The fourth-order valence-electron chi connectivity index (χ4n) is 5.14. The van der Waals surface area contributed by atoms with Gasteiger partial charge in [-0.2, -0.15) is 5.10 Å². The molecule has 1 fully saturated rings. The molecule has 0 radical (unpaired) electrons. The van der Waals surface area contributed by atoms with E-state index in [2.05, 4.69) is 34.3 Å². The largest absolute Gasteiger partial charge is 0.439 e. The van der Waals surface area contributed by atoms with Crippen molar-refractivity contribution in [2.24, 2.45) is 0 Å². The third-order valence-corrected chi connectivity index (χ3v) is 11.1. The van der Waals surface area contributed by atoms with Crippen molar-refractivity contribution in [3.8, 4) is 0 Å². The molecule has 2 amide bonds. The molecule has 0 spiro atoms. The normalized spacial score (nSPS) is 19.3. The topological polar surface area (TPSA) is 106 Å². The van der Waals surface area contributed by atoms with E-state index in [0.29, 0.717) is 5.82 Å². The maximum atomic E-state index is 13.6.